The van der Waals surface area contributed by atoms with Gasteiger partial charge in [-0.3, -0.25) is 0 Å². The molecule has 17 heavy (non-hydrogen) atoms. The molecule has 0 amide bonds. The van der Waals surface area contributed by atoms with Gasteiger partial charge >= 0.3 is 0 Å². The summed E-state index contributed by atoms with van der Waals surface area (Å²) in [5.74, 6) is 0. The first kappa shape index (κ1) is 16.4. The fraction of sp³-hybridized carbons (Fsp3) is 0.933. The summed E-state index contributed by atoms with van der Waals surface area (Å²) in [6, 6.07) is 1.00. The second kappa shape index (κ2) is 11.9. The van der Waals surface area contributed by atoms with Crippen molar-refractivity contribution in [2.45, 2.75) is 77.7 Å². The van der Waals surface area contributed by atoms with E-state index in [1.54, 1.807) is 0 Å². The number of hydrogen-bond acceptors (Lipinski definition) is 1. The van der Waals surface area contributed by atoms with Crippen LogP contribution in [0.2, 0.25) is 0 Å². The smallest absolute Gasteiger partial charge is 0.0874 e. The molecule has 2 atom stereocenters. The van der Waals surface area contributed by atoms with Crippen LogP contribution in [0.1, 0.15) is 71.6 Å². The summed E-state index contributed by atoms with van der Waals surface area (Å²) < 4.78 is 0. The maximum absolute atomic E-state index is 6.25. The number of nitrogens with zero attached hydrogens (tertiary/aromatic N) is 1. The summed E-state index contributed by atoms with van der Waals surface area (Å²) in [6.45, 7) is 12.3. The van der Waals surface area contributed by atoms with Crippen LogP contribution in [0.25, 0.3) is 0 Å². The summed E-state index contributed by atoms with van der Waals surface area (Å²) in [6.07, 6.45) is 13.0. The van der Waals surface area contributed by atoms with E-state index in [0.29, 0.717) is 0 Å². The van der Waals surface area contributed by atoms with Crippen molar-refractivity contribution in [2.75, 3.05) is 13.1 Å². The van der Waals surface area contributed by atoms with E-state index in [1.807, 2.05) is 4.90 Å². The highest BCUT2D eigenvalue weighted by atomic mass is 15.2. The van der Waals surface area contributed by atoms with Crippen LogP contribution >= 0.6 is 0 Å². The Bertz CT molecular complexity index is 177. The average molecular weight is 238 g/mol. The topological polar surface area (TPSA) is 28.2 Å². The molecule has 1 saturated heterocycles. The van der Waals surface area contributed by atoms with Crippen molar-refractivity contribution in [3.8, 4) is 0 Å². The van der Waals surface area contributed by atoms with E-state index in [9.17, 15) is 0 Å². The van der Waals surface area contributed by atoms with Gasteiger partial charge < -0.3 is 16.7 Å². The second-order valence-corrected chi connectivity index (χ2v) is 5.17. The van der Waals surface area contributed by atoms with E-state index in [0.717, 1.165) is 6.04 Å². The molecule has 1 fully saturated rings. The molecule has 2 heteroatoms. The maximum Gasteiger partial charge on any atom is 0.0874 e. The number of hydrogen-bond donors (Lipinski definition) is 1. The van der Waals surface area contributed by atoms with Crippen LogP contribution in [0, 0.1) is 11.8 Å². The van der Waals surface area contributed by atoms with Crippen molar-refractivity contribution in [3.63, 3.8) is 0 Å². The molecule has 1 heterocycles. The van der Waals surface area contributed by atoms with Gasteiger partial charge in [0, 0.05) is 12.8 Å². The van der Waals surface area contributed by atoms with Crippen molar-refractivity contribution in [2.24, 2.45) is 0 Å². The first-order valence-electron chi connectivity index (χ1n) is 7.45. The van der Waals surface area contributed by atoms with Crippen molar-refractivity contribution in [3.05, 3.63) is 6.57 Å². The minimum atomic E-state index is 1.00. The molecule has 0 aliphatic carbocycles. The number of unbranched alkanes of at least 4 members (excludes halogenated alkanes) is 5. The van der Waals surface area contributed by atoms with Gasteiger partial charge in [-0.05, 0) is 19.3 Å². The van der Waals surface area contributed by atoms with Crippen LogP contribution in [0.5, 0.6) is 0 Å². The van der Waals surface area contributed by atoms with Crippen molar-refractivity contribution >= 4 is 0 Å². The van der Waals surface area contributed by atoms with Crippen molar-refractivity contribution in [1.82, 2.24) is 0 Å². The number of likely N-dealkylation sites (tertiary alicyclic amines) is 1. The molecule has 1 N–H and O–H groups in total. The molecule has 1 aliphatic rings. The Morgan fingerprint density at radius 3 is 2.35 bits per heavy atom. The molecule has 0 bridgehead atoms. The Morgan fingerprint density at radius 2 is 1.71 bits per heavy atom. The summed E-state index contributed by atoms with van der Waals surface area (Å²) >= 11 is 0. The third kappa shape index (κ3) is 7.39. The van der Waals surface area contributed by atoms with Gasteiger partial charge in [-0.25, -0.2) is 0 Å². The fourth-order valence-electron chi connectivity index (χ4n) is 2.94. The van der Waals surface area contributed by atoms with E-state index in [4.69, 9.17) is 11.8 Å². The average Bonchev–Trinajstić information content (AvgIpc) is 2.83. The number of rotatable bonds is 8. The lowest BCUT2D eigenvalue weighted by Gasteiger charge is -2.20. The van der Waals surface area contributed by atoms with E-state index in [-0.39, 0.29) is 0 Å². The molecule has 0 aromatic carbocycles. The zero-order valence-electron chi connectivity index (χ0n) is 11.8. The Kier molecular flexibility index (Phi) is 11.5. The van der Waals surface area contributed by atoms with Gasteiger partial charge in [-0.15, -0.1) is 0 Å². The monoisotopic (exact) mass is 238 g/mol. The van der Waals surface area contributed by atoms with Crippen LogP contribution in [0.15, 0.2) is 0 Å². The number of nitrogens with one attached hydrogen (secondary N) is 1. The third-order valence-corrected chi connectivity index (χ3v) is 3.97. The van der Waals surface area contributed by atoms with E-state index in [2.05, 4.69) is 13.8 Å². The Labute approximate surface area is 108 Å². The highest BCUT2D eigenvalue weighted by Gasteiger charge is 2.25. The SMILES string of the molecule is CCCCCCCC[NH+]1CCCC1CC.[C-]#N. The highest BCUT2D eigenvalue weighted by molar-refractivity contribution is 4.60. The minimum Gasteiger partial charge on any atom is -0.512 e. The summed E-state index contributed by atoms with van der Waals surface area (Å²) in [7, 11) is 0. The zero-order valence-corrected chi connectivity index (χ0v) is 11.8. The van der Waals surface area contributed by atoms with Crippen LogP contribution in [0.3, 0.4) is 0 Å². The molecule has 100 valence electrons. The standard InChI is InChI=1S/C14H29N.CN/c1-3-5-6-7-8-9-12-15-13-10-11-14(15)4-2;1-2/h14H,3-13H2,1-2H3;/q;-1/p+1. The van der Waals surface area contributed by atoms with Crippen LogP contribution in [-0.4, -0.2) is 19.1 Å². The van der Waals surface area contributed by atoms with Crippen LogP contribution in [0.4, 0.5) is 0 Å². The summed E-state index contributed by atoms with van der Waals surface area (Å²) in [5, 5.41) is 6.25. The van der Waals surface area contributed by atoms with Gasteiger partial charge in [-0.2, -0.15) is 0 Å². The molecular weight excluding hydrogens is 208 g/mol. The Balaban J connectivity index is 0.00000121. The summed E-state index contributed by atoms with van der Waals surface area (Å²) in [4.78, 5) is 1.91. The van der Waals surface area contributed by atoms with Gasteiger partial charge in [-0.1, -0.05) is 39.5 Å². The predicted molar refractivity (Wildman–Crippen MR) is 72.4 cm³/mol. The van der Waals surface area contributed by atoms with Gasteiger partial charge in [0.2, 0.25) is 0 Å². The molecule has 0 radical (unpaired) electrons. The molecule has 1 rings (SSSR count). The third-order valence-electron chi connectivity index (χ3n) is 3.97. The fourth-order valence-corrected chi connectivity index (χ4v) is 2.94. The molecular formula is C15H30N2. The zero-order chi connectivity index (χ0) is 12.9. The maximum atomic E-state index is 6.25. The minimum absolute atomic E-state index is 1.00. The van der Waals surface area contributed by atoms with Gasteiger partial charge in [0.1, 0.15) is 0 Å². The van der Waals surface area contributed by atoms with E-state index in [1.165, 1.54) is 70.9 Å². The Hall–Kier alpha value is -0.550. The predicted octanol–water partition coefficient (Wildman–Crippen LogP) is 2.90. The quantitative estimate of drug-likeness (QED) is 0.511. The van der Waals surface area contributed by atoms with E-state index >= 15 is 0 Å². The molecule has 0 aromatic heterocycles. The van der Waals surface area contributed by atoms with Gasteiger partial charge in [0.25, 0.3) is 0 Å². The lowest BCUT2D eigenvalue weighted by atomic mass is 10.1. The Morgan fingerprint density at radius 1 is 1.06 bits per heavy atom. The van der Waals surface area contributed by atoms with Gasteiger partial charge in [0.05, 0.1) is 19.1 Å². The molecule has 1 aliphatic heterocycles. The first-order valence-corrected chi connectivity index (χ1v) is 7.45. The van der Waals surface area contributed by atoms with Crippen LogP contribution < -0.4 is 4.90 Å². The largest absolute Gasteiger partial charge is 0.512 e. The molecule has 0 saturated carbocycles. The molecule has 2 nitrogen and oxygen atoms in total. The molecule has 0 spiro atoms. The van der Waals surface area contributed by atoms with Crippen LogP contribution in [-0.2, 0) is 0 Å². The highest BCUT2D eigenvalue weighted by Crippen LogP contribution is 2.06. The van der Waals surface area contributed by atoms with E-state index < -0.39 is 0 Å². The first-order chi connectivity index (χ1) is 8.38. The number of quaternary nitrogens is 1. The normalized spacial score (nSPS) is 23.1. The summed E-state index contributed by atoms with van der Waals surface area (Å²) in [5.41, 5.74) is 0. The molecule has 2 unspecified atom stereocenters. The second-order valence-electron chi connectivity index (χ2n) is 5.17. The van der Waals surface area contributed by atoms with Crippen molar-refractivity contribution < 1.29 is 4.90 Å². The lowest BCUT2D eigenvalue weighted by Crippen LogP contribution is -3.13. The van der Waals surface area contributed by atoms with Crippen molar-refractivity contribution in [1.29, 1.82) is 5.26 Å². The molecule has 0 aromatic rings. The lowest BCUT2D eigenvalue weighted by molar-refractivity contribution is -0.912. The van der Waals surface area contributed by atoms with Gasteiger partial charge in [0.15, 0.2) is 0 Å².